The Morgan fingerprint density at radius 1 is 1.23 bits per heavy atom. The minimum absolute atomic E-state index is 0.591. The minimum Gasteiger partial charge on any atom is -0.357 e. The topological polar surface area (TPSA) is 67.1 Å². The zero-order valence-corrected chi connectivity index (χ0v) is 15.3. The van der Waals surface area contributed by atoms with Gasteiger partial charge in [-0.15, -0.1) is 10.2 Å². The minimum atomic E-state index is 0.591. The van der Waals surface area contributed by atoms with E-state index in [1.165, 1.54) is 0 Å². The Kier molecular flexibility index (Phi) is 8.96. The van der Waals surface area contributed by atoms with Crippen LogP contribution in [0.15, 0.2) is 10.1 Å². The SMILES string of the molecule is CCNC(=NCCCc1nnc(SC)n1CC(C)C)NCC. The second-order valence-corrected chi connectivity index (χ2v) is 6.28. The number of nitrogens with zero attached hydrogens (tertiary/aromatic N) is 4. The van der Waals surface area contributed by atoms with E-state index >= 15 is 0 Å². The third kappa shape index (κ3) is 6.25. The van der Waals surface area contributed by atoms with Gasteiger partial charge in [0.2, 0.25) is 0 Å². The zero-order chi connectivity index (χ0) is 16.4. The average molecular weight is 327 g/mol. The number of aromatic nitrogens is 3. The van der Waals surface area contributed by atoms with Crippen LogP contribution < -0.4 is 10.6 Å². The van der Waals surface area contributed by atoms with Gasteiger partial charge in [0.25, 0.3) is 0 Å². The van der Waals surface area contributed by atoms with E-state index in [4.69, 9.17) is 0 Å². The van der Waals surface area contributed by atoms with Gasteiger partial charge in [0.05, 0.1) is 0 Å². The van der Waals surface area contributed by atoms with Crippen LogP contribution in [0, 0.1) is 5.92 Å². The molecule has 1 heterocycles. The van der Waals surface area contributed by atoms with E-state index in [1.54, 1.807) is 11.8 Å². The first-order chi connectivity index (χ1) is 10.6. The summed E-state index contributed by atoms with van der Waals surface area (Å²) in [7, 11) is 0. The largest absolute Gasteiger partial charge is 0.357 e. The molecule has 0 spiro atoms. The van der Waals surface area contributed by atoms with Crippen LogP contribution >= 0.6 is 11.8 Å². The lowest BCUT2D eigenvalue weighted by Crippen LogP contribution is -2.37. The fraction of sp³-hybridized carbons (Fsp3) is 0.800. The lowest BCUT2D eigenvalue weighted by Gasteiger charge is -2.11. The van der Waals surface area contributed by atoms with Crippen molar-refractivity contribution in [3.63, 3.8) is 0 Å². The number of aryl methyl sites for hydroxylation is 1. The van der Waals surface area contributed by atoms with Crippen molar-refractivity contribution in [3.05, 3.63) is 5.82 Å². The summed E-state index contributed by atoms with van der Waals surface area (Å²) in [6, 6.07) is 0. The van der Waals surface area contributed by atoms with E-state index in [1.807, 2.05) is 6.26 Å². The molecule has 126 valence electrons. The molecule has 22 heavy (non-hydrogen) atoms. The Bertz CT molecular complexity index is 447. The summed E-state index contributed by atoms with van der Waals surface area (Å²) >= 11 is 1.66. The predicted molar refractivity (Wildman–Crippen MR) is 94.6 cm³/mol. The lowest BCUT2D eigenvalue weighted by molar-refractivity contribution is 0.477. The van der Waals surface area contributed by atoms with Crippen molar-refractivity contribution in [3.8, 4) is 0 Å². The highest BCUT2D eigenvalue weighted by Gasteiger charge is 2.12. The van der Waals surface area contributed by atoms with E-state index in [2.05, 4.69) is 58.1 Å². The van der Waals surface area contributed by atoms with Crippen LogP contribution in [0.25, 0.3) is 0 Å². The van der Waals surface area contributed by atoms with Gasteiger partial charge in [0, 0.05) is 32.6 Å². The molecule has 0 unspecified atom stereocenters. The molecule has 0 aliphatic carbocycles. The van der Waals surface area contributed by atoms with Crippen LogP contribution in [0.1, 0.15) is 39.9 Å². The third-order valence-corrected chi connectivity index (χ3v) is 3.71. The molecular weight excluding hydrogens is 296 g/mol. The van der Waals surface area contributed by atoms with Crippen LogP contribution in [0.2, 0.25) is 0 Å². The van der Waals surface area contributed by atoms with E-state index in [-0.39, 0.29) is 0 Å². The van der Waals surface area contributed by atoms with Gasteiger partial charge in [-0.2, -0.15) is 0 Å². The molecule has 0 saturated carbocycles. The number of hydrogen-bond donors (Lipinski definition) is 2. The Morgan fingerprint density at radius 3 is 2.45 bits per heavy atom. The van der Waals surface area contributed by atoms with Crippen molar-refractivity contribution >= 4 is 17.7 Å². The summed E-state index contributed by atoms with van der Waals surface area (Å²) in [6.45, 7) is 12.1. The second kappa shape index (κ2) is 10.5. The van der Waals surface area contributed by atoms with E-state index < -0.39 is 0 Å². The first kappa shape index (κ1) is 18.8. The van der Waals surface area contributed by atoms with Crippen molar-refractivity contribution in [1.29, 1.82) is 0 Å². The molecular formula is C15H30N6S. The molecule has 1 aromatic heterocycles. The molecule has 0 fully saturated rings. The van der Waals surface area contributed by atoms with Crippen LogP contribution in [0.3, 0.4) is 0 Å². The van der Waals surface area contributed by atoms with Crippen molar-refractivity contribution in [2.75, 3.05) is 25.9 Å². The smallest absolute Gasteiger partial charge is 0.191 e. The molecule has 0 radical (unpaired) electrons. The monoisotopic (exact) mass is 326 g/mol. The quantitative estimate of drug-likeness (QED) is 0.315. The van der Waals surface area contributed by atoms with Crippen LogP contribution in [-0.2, 0) is 13.0 Å². The first-order valence-electron chi connectivity index (χ1n) is 8.10. The number of rotatable bonds is 9. The maximum atomic E-state index is 4.57. The van der Waals surface area contributed by atoms with Gasteiger partial charge in [-0.05, 0) is 32.4 Å². The summed E-state index contributed by atoms with van der Waals surface area (Å²) in [5.41, 5.74) is 0. The Morgan fingerprint density at radius 2 is 1.91 bits per heavy atom. The van der Waals surface area contributed by atoms with Gasteiger partial charge < -0.3 is 15.2 Å². The van der Waals surface area contributed by atoms with Crippen LogP contribution in [-0.4, -0.2) is 46.6 Å². The number of nitrogens with one attached hydrogen (secondary N) is 2. The van der Waals surface area contributed by atoms with E-state index in [9.17, 15) is 0 Å². The molecule has 0 aliphatic rings. The zero-order valence-electron chi connectivity index (χ0n) is 14.5. The molecule has 6 nitrogen and oxygen atoms in total. The fourth-order valence-corrected chi connectivity index (χ4v) is 2.66. The highest BCUT2D eigenvalue weighted by Crippen LogP contribution is 2.16. The summed E-state index contributed by atoms with van der Waals surface area (Å²) in [5, 5.41) is 16.1. The number of guanidine groups is 1. The molecule has 1 aromatic rings. The van der Waals surface area contributed by atoms with E-state index in [0.29, 0.717) is 5.92 Å². The van der Waals surface area contributed by atoms with Gasteiger partial charge in [-0.25, -0.2) is 0 Å². The predicted octanol–water partition coefficient (Wildman–Crippen LogP) is 2.16. The standard InChI is InChI=1S/C15H30N6S/c1-6-16-14(17-7-2)18-10-8-9-13-19-20-15(22-5)21(13)11-12(3)4/h12H,6-11H2,1-5H3,(H2,16,17,18). The first-order valence-corrected chi connectivity index (χ1v) is 9.33. The molecule has 2 N–H and O–H groups in total. The average Bonchev–Trinajstić information content (AvgIpc) is 2.85. The highest BCUT2D eigenvalue weighted by atomic mass is 32.2. The second-order valence-electron chi connectivity index (χ2n) is 5.50. The summed E-state index contributed by atoms with van der Waals surface area (Å²) < 4.78 is 2.24. The molecule has 0 aliphatic heterocycles. The molecule has 0 saturated heterocycles. The van der Waals surface area contributed by atoms with Gasteiger partial charge in [0.1, 0.15) is 5.82 Å². The molecule has 0 bridgehead atoms. The maximum Gasteiger partial charge on any atom is 0.191 e. The van der Waals surface area contributed by atoms with Gasteiger partial charge in [-0.3, -0.25) is 4.99 Å². The number of hydrogen-bond acceptors (Lipinski definition) is 4. The lowest BCUT2D eigenvalue weighted by atomic mass is 10.2. The highest BCUT2D eigenvalue weighted by molar-refractivity contribution is 7.98. The van der Waals surface area contributed by atoms with Crippen LogP contribution in [0.5, 0.6) is 0 Å². The molecule has 1 rings (SSSR count). The van der Waals surface area contributed by atoms with Gasteiger partial charge >= 0.3 is 0 Å². The van der Waals surface area contributed by atoms with Crippen molar-refractivity contribution in [2.24, 2.45) is 10.9 Å². The molecule has 7 heteroatoms. The molecule has 0 atom stereocenters. The molecule has 0 amide bonds. The Hall–Kier alpha value is -1.24. The number of aliphatic imine (C=N–C) groups is 1. The summed E-state index contributed by atoms with van der Waals surface area (Å²) in [5.74, 6) is 2.55. The Balaban J connectivity index is 2.57. The number of thioether (sulfide) groups is 1. The maximum absolute atomic E-state index is 4.57. The van der Waals surface area contributed by atoms with E-state index in [0.717, 1.165) is 56.0 Å². The van der Waals surface area contributed by atoms with Gasteiger partial charge in [0.15, 0.2) is 11.1 Å². The van der Waals surface area contributed by atoms with Crippen molar-refractivity contribution < 1.29 is 0 Å². The Labute approximate surface area is 138 Å². The summed E-state index contributed by atoms with van der Waals surface area (Å²) in [6.07, 6.45) is 3.94. The summed E-state index contributed by atoms with van der Waals surface area (Å²) in [4.78, 5) is 4.57. The van der Waals surface area contributed by atoms with Gasteiger partial charge in [-0.1, -0.05) is 25.6 Å². The van der Waals surface area contributed by atoms with Crippen LogP contribution in [0.4, 0.5) is 0 Å². The van der Waals surface area contributed by atoms with Crippen molar-refractivity contribution in [2.45, 2.75) is 52.2 Å². The third-order valence-electron chi connectivity index (χ3n) is 3.04. The normalized spacial score (nSPS) is 10.8. The molecule has 0 aromatic carbocycles. The fourth-order valence-electron chi connectivity index (χ4n) is 2.14. The van der Waals surface area contributed by atoms with Crippen molar-refractivity contribution in [1.82, 2.24) is 25.4 Å².